The van der Waals surface area contributed by atoms with E-state index in [-0.39, 0.29) is 0 Å². The van der Waals surface area contributed by atoms with Gasteiger partial charge < -0.3 is 5.73 Å². The second kappa shape index (κ2) is 5.25. The van der Waals surface area contributed by atoms with Gasteiger partial charge in [0.1, 0.15) is 0 Å². The van der Waals surface area contributed by atoms with Gasteiger partial charge in [-0.25, -0.2) is 0 Å². The van der Waals surface area contributed by atoms with Crippen LogP contribution < -0.4 is 5.73 Å². The highest BCUT2D eigenvalue weighted by atomic mass is 32.2. The lowest BCUT2D eigenvalue weighted by molar-refractivity contribution is 0.690. The molecule has 0 amide bonds. The summed E-state index contributed by atoms with van der Waals surface area (Å²) in [5.41, 5.74) is 8.27. The Morgan fingerprint density at radius 1 is 1.53 bits per heavy atom. The Kier molecular flexibility index (Phi) is 3.91. The van der Waals surface area contributed by atoms with Gasteiger partial charge >= 0.3 is 0 Å². The van der Waals surface area contributed by atoms with Crippen LogP contribution in [0.2, 0.25) is 0 Å². The summed E-state index contributed by atoms with van der Waals surface area (Å²) in [4.78, 5) is 1.37. The van der Waals surface area contributed by atoms with E-state index in [1.807, 2.05) is 18.7 Å². The van der Waals surface area contributed by atoms with Gasteiger partial charge in [-0.15, -0.1) is 11.3 Å². The van der Waals surface area contributed by atoms with Gasteiger partial charge in [-0.05, 0) is 36.9 Å². The van der Waals surface area contributed by atoms with E-state index in [1.54, 1.807) is 23.1 Å². The smallest absolute Gasteiger partial charge is 0.0946 e. The molecule has 17 heavy (non-hydrogen) atoms. The van der Waals surface area contributed by atoms with Gasteiger partial charge in [0.15, 0.2) is 0 Å². The van der Waals surface area contributed by atoms with E-state index in [9.17, 15) is 0 Å². The first kappa shape index (κ1) is 12.7. The lowest BCUT2D eigenvalue weighted by Gasteiger charge is -2.13. The number of hydrogen-bond donors (Lipinski definition) is 1. The second-order valence-electron chi connectivity index (χ2n) is 4.06. The van der Waals surface area contributed by atoms with Crippen molar-refractivity contribution in [1.82, 2.24) is 9.78 Å². The highest BCUT2D eigenvalue weighted by molar-refractivity contribution is 7.99. The number of hydrogen-bond acceptors (Lipinski definition) is 4. The first-order valence-electron chi connectivity index (χ1n) is 5.53. The molecule has 3 nitrogen and oxygen atoms in total. The van der Waals surface area contributed by atoms with Crippen molar-refractivity contribution < 1.29 is 0 Å². The summed E-state index contributed by atoms with van der Waals surface area (Å²) in [7, 11) is 1.98. The van der Waals surface area contributed by atoms with Crippen molar-refractivity contribution in [1.29, 1.82) is 0 Å². The van der Waals surface area contributed by atoms with Crippen LogP contribution in [0.3, 0.4) is 0 Å². The summed E-state index contributed by atoms with van der Waals surface area (Å²) < 4.78 is 1.92. The Hall–Kier alpha value is -0.780. The largest absolute Gasteiger partial charge is 0.329 e. The summed E-state index contributed by atoms with van der Waals surface area (Å²) in [5.74, 6) is 0. The van der Waals surface area contributed by atoms with Crippen LogP contribution in [0.15, 0.2) is 22.5 Å². The fourth-order valence-electron chi connectivity index (χ4n) is 1.77. The molecule has 0 fully saturated rings. The summed E-state index contributed by atoms with van der Waals surface area (Å²) >= 11 is 3.58. The Labute approximate surface area is 110 Å². The van der Waals surface area contributed by atoms with E-state index in [0.717, 1.165) is 5.69 Å². The van der Waals surface area contributed by atoms with Crippen LogP contribution in [0.5, 0.6) is 0 Å². The average molecular weight is 267 g/mol. The maximum Gasteiger partial charge on any atom is 0.0946 e. The number of thiophene rings is 1. The highest BCUT2D eigenvalue weighted by Gasteiger charge is 2.17. The van der Waals surface area contributed by atoms with Crippen molar-refractivity contribution in [2.75, 3.05) is 6.54 Å². The first-order valence-corrected chi connectivity index (χ1v) is 7.29. The van der Waals surface area contributed by atoms with E-state index in [0.29, 0.717) is 11.8 Å². The molecule has 0 aliphatic rings. The van der Waals surface area contributed by atoms with E-state index >= 15 is 0 Å². The van der Waals surface area contributed by atoms with E-state index in [1.165, 1.54) is 15.5 Å². The van der Waals surface area contributed by atoms with E-state index in [2.05, 4.69) is 29.5 Å². The quantitative estimate of drug-likeness (QED) is 0.866. The fraction of sp³-hybridized carbons (Fsp3) is 0.417. The van der Waals surface area contributed by atoms with Gasteiger partial charge in [0.25, 0.3) is 0 Å². The summed E-state index contributed by atoms with van der Waals surface area (Å²) in [6.45, 7) is 4.80. The molecule has 0 aromatic carbocycles. The van der Waals surface area contributed by atoms with Crippen molar-refractivity contribution in [3.63, 3.8) is 0 Å². The summed E-state index contributed by atoms with van der Waals surface area (Å²) in [5, 5.41) is 7.98. The van der Waals surface area contributed by atoms with Crippen molar-refractivity contribution >= 4 is 23.1 Å². The van der Waals surface area contributed by atoms with Crippen LogP contribution in [0.25, 0.3) is 0 Å². The second-order valence-corrected chi connectivity index (χ2v) is 6.23. The van der Waals surface area contributed by atoms with Crippen LogP contribution in [0.4, 0.5) is 0 Å². The molecular weight excluding hydrogens is 250 g/mol. The number of nitrogens with two attached hydrogens (primary N) is 1. The molecule has 0 aliphatic carbocycles. The molecule has 92 valence electrons. The van der Waals surface area contributed by atoms with E-state index in [4.69, 9.17) is 5.73 Å². The lowest BCUT2D eigenvalue weighted by Crippen LogP contribution is -2.09. The van der Waals surface area contributed by atoms with Crippen molar-refractivity contribution in [3.8, 4) is 0 Å². The molecule has 2 rings (SSSR count). The zero-order valence-electron chi connectivity index (χ0n) is 10.3. The molecule has 2 aromatic heterocycles. The number of thioether (sulfide) groups is 1. The summed E-state index contributed by atoms with van der Waals surface area (Å²) in [6.07, 6.45) is 0. The highest BCUT2D eigenvalue weighted by Crippen LogP contribution is 2.38. The number of rotatable bonds is 4. The number of aryl methyl sites for hydroxylation is 3. The fourth-order valence-corrected chi connectivity index (χ4v) is 4.11. The third-order valence-electron chi connectivity index (χ3n) is 2.63. The normalized spacial score (nSPS) is 12.9. The maximum atomic E-state index is 5.89. The molecule has 0 spiro atoms. The van der Waals surface area contributed by atoms with Crippen LogP contribution in [0, 0.1) is 13.8 Å². The molecule has 0 saturated heterocycles. The molecule has 1 atom stereocenters. The van der Waals surface area contributed by atoms with Crippen molar-refractivity contribution in [3.05, 3.63) is 33.6 Å². The van der Waals surface area contributed by atoms with Gasteiger partial charge in [-0.1, -0.05) is 11.8 Å². The molecule has 5 heteroatoms. The molecule has 2 heterocycles. The Morgan fingerprint density at radius 2 is 2.29 bits per heavy atom. The Bertz CT molecular complexity index is 502. The maximum absolute atomic E-state index is 5.89. The molecule has 0 aliphatic heterocycles. The monoisotopic (exact) mass is 267 g/mol. The third kappa shape index (κ3) is 2.73. The minimum atomic E-state index is 0.324. The first-order chi connectivity index (χ1) is 8.11. The van der Waals surface area contributed by atoms with Gasteiger partial charge in [0.2, 0.25) is 0 Å². The molecule has 0 bridgehead atoms. The van der Waals surface area contributed by atoms with Crippen molar-refractivity contribution in [2.45, 2.75) is 24.1 Å². The number of aromatic nitrogens is 2. The predicted octanol–water partition coefficient (Wildman–Crippen LogP) is 2.89. The average Bonchev–Trinajstić information content (AvgIpc) is 2.82. The SMILES string of the molecule is Cc1cc(SC(CN)c2sccc2C)n(C)n1. The van der Waals surface area contributed by atoms with Gasteiger partial charge in [0, 0.05) is 18.5 Å². The van der Waals surface area contributed by atoms with Gasteiger partial charge in [-0.2, -0.15) is 5.10 Å². The Balaban J connectivity index is 2.21. The molecule has 1 unspecified atom stereocenters. The van der Waals surface area contributed by atoms with Crippen LogP contribution in [-0.4, -0.2) is 16.3 Å². The van der Waals surface area contributed by atoms with Gasteiger partial charge in [-0.3, -0.25) is 4.68 Å². The molecule has 2 aromatic rings. The van der Waals surface area contributed by atoms with Crippen LogP contribution in [0.1, 0.15) is 21.4 Å². The van der Waals surface area contributed by atoms with Crippen molar-refractivity contribution in [2.24, 2.45) is 12.8 Å². The minimum Gasteiger partial charge on any atom is -0.329 e. The number of nitrogens with zero attached hydrogens (tertiary/aromatic N) is 2. The molecule has 0 radical (unpaired) electrons. The van der Waals surface area contributed by atoms with Crippen LogP contribution in [-0.2, 0) is 7.05 Å². The van der Waals surface area contributed by atoms with Gasteiger partial charge in [0.05, 0.1) is 16.0 Å². The van der Waals surface area contributed by atoms with E-state index < -0.39 is 0 Å². The zero-order chi connectivity index (χ0) is 12.4. The molecule has 0 saturated carbocycles. The minimum absolute atomic E-state index is 0.324. The predicted molar refractivity (Wildman–Crippen MR) is 74.7 cm³/mol. The third-order valence-corrected chi connectivity index (χ3v) is 5.25. The van der Waals surface area contributed by atoms with Crippen LogP contribution >= 0.6 is 23.1 Å². The Morgan fingerprint density at radius 3 is 2.76 bits per heavy atom. The summed E-state index contributed by atoms with van der Waals surface area (Å²) in [6, 6.07) is 4.26. The molecular formula is C12H17N3S2. The standard InChI is InChI=1S/C12H17N3S2/c1-8-4-5-16-12(8)10(7-13)17-11-6-9(2)14-15(11)3/h4-6,10H,7,13H2,1-3H3. The molecule has 2 N–H and O–H groups in total. The zero-order valence-corrected chi connectivity index (χ0v) is 11.9. The lowest BCUT2D eigenvalue weighted by atomic mass is 10.2. The topological polar surface area (TPSA) is 43.8 Å².